The third kappa shape index (κ3) is 2.87. The first-order valence-electron chi connectivity index (χ1n) is 8.74. The fourth-order valence-corrected chi connectivity index (χ4v) is 3.95. The second-order valence-corrected chi connectivity index (χ2v) is 7.08. The molecule has 2 aromatic rings. The Morgan fingerprint density at radius 3 is 2.31 bits per heavy atom. The predicted molar refractivity (Wildman–Crippen MR) is 103 cm³/mol. The van der Waals surface area contributed by atoms with E-state index in [1.54, 1.807) is 11.0 Å². The highest BCUT2D eigenvalue weighted by molar-refractivity contribution is 6.30. The summed E-state index contributed by atoms with van der Waals surface area (Å²) in [6, 6.07) is 15.2. The van der Waals surface area contributed by atoms with E-state index >= 15 is 0 Å². The van der Waals surface area contributed by atoms with Crippen LogP contribution in [0, 0.1) is 0 Å². The molecule has 2 heterocycles. The lowest BCUT2D eigenvalue weighted by Gasteiger charge is -2.40. The summed E-state index contributed by atoms with van der Waals surface area (Å²) in [4.78, 5) is 31.2. The van der Waals surface area contributed by atoms with Gasteiger partial charge in [-0.25, -0.2) is 0 Å². The third-order valence-corrected chi connectivity index (χ3v) is 5.35. The number of rotatable bonds is 2. The van der Waals surface area contributed by atoms with Gasteiger partial charge in [0.1, 0.15) is 0 Å². The van der Waals surface area contributed by atoms with Crippen LogP contribution in [0.15, 0.2) is 48.5 Å². The van der Waals surface area contributed by atoms with Gasteiger partial charge in [-0.05, 0) is 36.4 Å². The summed E-state index contributed by atoms with van der Waals surface area (Å²) in [5.74, 6) is -0.0934. The first kappa shape index (κ1) is 17.1. The first-order chi connectivity index (χ1) is 12.6. The molecule has 0 saturated carbocycles. The second-order valence-electron chi connectivity index (χ2n) is 6.64. The van der Waals surface area contributed by atoms with Crippen molar-refractivity contribution in [1.29, 1.82) is 0 Å². The average Bonchev–Trinajstić information content (AvgIpc) is 2.96. The number of anilines is 2. The van der Waals surface area contributed by atoms with Crippen molar-refractivity contribution >= 4 is 34.7 Å². The summed E-state index contributed by atoms with van der Waals surface area (Å²) in [6.07, 6.45) is -0.530. The molecule has 5 nitrogen and oxygen atoms in total. The van der Waals surface area contributed by atoms with Crippen molar-refractivity contribution in [3.8, 4) is 0 Å². The molecule has 0 aliphatic carbocycles. The molecule has 1 unspecified atom stereocenters. The standard InChI is InChI=1S/C20H20ClN3O2/c1-14(25)24-18-5-3-2-4-17(18)19(26)20(24)23-12-10-22(11-13-23)16-8-6-15(21)7-9-16/h2-9,20H,10-13H2,1H3. The van der Waals surface area contributed by atoms with Crippen LogP contribution in [0.2, 0.25) is 5.02 Å². The summed E-state index contributed by atoms with van der Waals surface area (Å²) in [5.41, 5.74) is 2.47. The van der Waals surface area contributed by atoms with Gasteiger partial charge in [0.2, 0.25) is 11.7 Å². The molecule has 2 aliphatic heterocycles. The van der Waals surface area contributed by atoms with Crippen molar-refractivity contribution < 1.29 is 9.59 Å². The average molecular weight is 370 g/mol. The molecule has 1 atom stereocenters. The van der Waals surface area contributed by atoms with Gasteiger partial charge in [-0.3, -0.25) is 19.4 Å². The molecular weight excluding hydrogens is 350 g/mol. The molecule has 1 saturated heterocycles. The zero-order valence-corrected chi connectivity index (χ0v) is 15.3. The van der Waals surface area contributed by atoms with Crippen molar-refractivity contribution in [3.63, 3.8) is 0 Å². The van der Waals surface area contributed by atoms with E-state index in [4.69, 9.17) is 11.6 Å². The fraction of sp³-hybridized carbons (Fsp3) is 0.300. The monoisotopic (exact) mass is 369 g/mol. The number of fused-ring (bicyclic) bond motifs is 1. The molecule has 0 N–H and O–H groups in total. The molecule has 0 bridgehead atoms. The summed E-state index contributed by atoms with van der Waals surface area (Å²) < 4.78 is 0. The van der Waals surface area contributed by atoms with Gasteiger partial charge in [-0.1, -0.05) is 23.7 Å². The number of nitrogens with zero attached hydrogens (tertiary/aromatic N) is 3. The summed E-state index contributed by atoms with van der Waals surface area (Å²) in [6.45, 7) is 4.56. The van der Waals surface area contributed by atoms with Crippen LogP contribution in [-0.4, -0.2) is 48.9 Å². The minimum atomic E-state index is -0.530. The molecular formula is C20H20ClN3O2. The van der Waals surface area contributed by atoms with Crippen molar-refractivity contribution in [2.24, 2.45) is 0 Å². The Labute approximate surface area is 157 Å². The lowest BCUT2D eigenvalue weighted by atomic mass is 10.1. The van der Waals surface area contributed by atoms with Gasteiger partial charge in [0.25, 0.3) is 0 Å². The number of para-hydroxylation sites is 1. The van der Waals surface area contributed by atoms with E-state index in [0.717, 1.165) is 42.6 Å². The fourth-order valence-electron chi connectivity index (χ4n) is 3.83. The maximum absolute atomic E-state index is 12.9. The number of piperazine rings is 1. The van der Waals surface area contributed by atoms with E-state index in [1.165, 1.54) is 6.92 Å². The minimum absolute atomic E-state index is 0.00995. The Hall–Kier alpha value is -2.37. The molecule has 2 aliphatic rings. The van der Waals surface area contributed by atoms with Crippen LogP contribution in [0.4, 0.5) is 11.4 Å². The number of ketones is 1. The first-order valence-corrected chi connectivity index (χ1v) is 9.11. The molecule has 134 valence electrons. The topological polar surface area (TPSA) is 43.9 Å². The van der Waals surface area contributed by atoms with Crippen LogP contribution in [-0.2, 0) is 4.79 Å². The number of carbonyl (C=O) groups is 2. The van der Waals surface area contributed by atoms with Gasteiger partial charge in [0, 0.05) is 49.4 Å². The van der Waals surface area contributed by atoms with Gasteiger partial charge in [-0.2, -0.15) is 0 Å². The minimum Gasteiger partial charge on any atom is -0.369 e. The normalized spacial score (nSPS) is 20.4. The largest absolute Gasteiger partial charge is 0.369 e. The van der Waals surface area contributed by atoms with Crippen LogP contribution >= 0.6 is 11.6 Å². The molecule has 1 amide bonds. The van der Waals surface area contributed by atoms with Crippen LogP contribution in [0.1, 0.15) is 17.3 Å². The van der Waals surface area contributed by atoms with Gasteiger partial charge in [0.15, 0.2) is 6.17 Å². The zero-order chi connectivity index (χ0) is 18.3. The number of hydrogen-bond donors (Lipinski definition) is 0. The van der Waals surface area contributed by atoms with Crippen LogP contribution in [0.25, 0.3) is 0 Å². The molecule has 1 fully saturated rings. The number of carbonyl (C=O) groups excluding carboxylic acids is 2. The van der Waals surface area contributed by atoms with E-state index in [-0.39, 0.29) is 11.7 Å². The Kier molecular flexibility index (Phi) is 4.42. The maximum atomic E-state index is 12.9. The van der Waals surface area contributed by atoms with E-state index in [2.05, 4.69) is 9.80 Å². The van der Waals surface area contributed by atoms with Gasteiger partial charge < -0.3 is 4.90 Å². The van der Waals surface area contributed by atoms with Gasteiger partial charge in [-0.15, -0.1) is 0 Å². The predicted octanol–water partition coefficient (Wildman–Crippen LogP) is 3.04. The van der Waals surface area contributed by atoms with E-state index in [1.807, 2.05) is 42.5 Å². The van der Waals surface area contributed by atoms with Crippen molar-refractivity contribution in [1.82, 2.24) is 4.90 Å². The molecule has 2 aromatic carbocycles. The molecule has 26 heavy (non-hydrogen) atoms. The van der Waals surface area contributed by atoms with E-state index < -0.39 is 6.17 Å². The highest BCUT2D eigenvalue weighted by atomic mass is 35.5. The lowest BCUT2D eigenvalue weighted by Crippen LogP contribution is -2.58. The second kappa shape index (κ2) is 6.74. The Morgan fingerprint density at radius 2 is 1.65 bits per heavy atom. The maximum Gasteiger partial charge on any atom is 0.225 e. The van der Waals surface area contributed by atoms with Crippen LogP contribution in [0.5, 0.6) is 0 Å². The van der Waals surface area contributed by atoms with Crippen molar-refractivity contribution in [2.75, 3.05) is 36.0 Å². The molecule has 0 radical (unpaired) electrons. The molecule has 0 aromatic heterocycles. The highest BCUT2D eigenvalue weighted by Crippen LogP contribution is 2.34. The zero-order valence-electron chi connectivity index (χ0n) is 14.6. The summed E-state index contributed by atoms with van der Waals surface area (Å²) >= 11 is 5.96. The SMILES string of the molecule is CC(=O)N1c2ccccc2C(=O)C1N1CCN(c2ccc(Cl)cc2)CC1. The Bertz CT molecular complexity index is 844. The van der Waals surface area contributed by atoms with Crippen LogP contribution < -0.4 is 9.80 Å². The number of halogens is 1. The summed E-state index contributed by atoms with van der Waals surface area (Å²) in [5, 5.41) is 0.721. The van der Waals surface area contributed by atoms with Crippen LogP contribution in [0.3, 0.4) is 0 Å². The van der Waals surface area contributed by atoms with Gasteiger partial charge >= 0.3 is 0 Å². The molecule has 0 spiro atoms. The number of hydrogen-bond acceptors (Lipinski definition) is 4. The van der Waals surface area contributed by atoms with Crippen molar-refractivity contribution in [3.05, 3.63) is 59.1 Å². The third-order valence-electron chi connectivity index (χ3n) is 5.10. The number of Topliss-reactive ketones (excluding diaryl/α,β-unsaturated/α-hetero) is 1. The van der Waals surface area contributed by atoms with E-state index in [9.17, 15) is 9.59 Å². The van der Waals surface area contributed by atoms with Crippen molar-refractivity contribution in [2.45, 2.75) is 13.1 Å². The smallest absolute Gasteiger partial charge is 0.225 e. The molecule has 6 heteroatoms. The highest BCUT2D eigenvalue weighted by Gasteiger charge is 2.43. The number of benzene rings is 2. The summed E-state index contributed by atoms with van der Waals surface area (Å²) in [7, 11) is 0. The molecule has 4 rings (SSSR count). The lowest BCUT2D eigenvalue weighted by molar-refractivity contribution is -0.117. The Morgan fingerprint density at radius 1 is 1.00 bits per heavy atom. The number of amides is 1. The quantitative estimate of drug-likeness (QED) is 0.816. The Balaban J connectivity index is 1.53. The van der Waals surface area contributed by atoms with E-state index in [0.29, 0.717) is 5.56 Å². The van der Waals surface area contributed by atoms with Gasteiger partial charge in [0.05, 0.1) is 5.69 Å².